The van der Waals surface area contributed by atoms with Crippen molar-refractivity contribution in [2.24, 2.45) is 0 Å². The molecule has 0 atom stereocenters. The molecule has 0 bridgehead atoms. The predicted molar refractivity (Wildman–Crippen MR) is 61.1 cm³/mol. The first-order chi connectivity index (χ1) is 7.13. The van der Waals surface area contributed by atoms with Crippen LogP contribution in [-0.2, 0) is 11.2 Å². The zero-order chi connectivity index (χ0) is 11.3. The van der Waals surface area contributed by atoms with Gasteiger partial charge in [0.25, 0.3) is 0 Å². The van der Waals surface area contributed by atoms with E-state index in [2.05, 4.69) is 21.2 Å². The van der Waals surface area contributed by atoms with Crippen molar-refractivity contribution in [2.45, 2.75) is 19.8 Å². The molecule has 1 N–H and O–H groups in total. The van der Waals surface area contributed by atoms with E-state index in [9.17, 15) is 9.18 Å². The fourth-order valence-corrected chi connectivity index (χ4v) is 1.66. The molecular weight excluding hydrogens is 261 g/mol. The molecule has 1 aromatic carbocycles. The highest BCUT2D eigenvalue weighted by Crippen LogP contribution is 2.18. The Morgan fingerprint density at radius 1 is 1.53 bits per heavy atom. The highest BCUT2D eigenvalue weighted by Gasteiger charge is 2.06. The minimum absolute atomic E-state index is 0.0378. The van der Waals surface area contributed by atoms with Crippen molar-refractivity contribution in [1.82, 2.24) is 5.32 Å². The van der Waals surface area contributed by atoms with Crippen LogP contribution >= 0.6 is 15.9 Å². The predicted octanol–water partition coefficient (Wildman–Crippen LogP) is 2.66. The summed E-state index contributed by atoms with van der Waals surface area (Å²) in [4.78, 5) is 11.4. The summed E-state index contributed by atoms with van der Waals surface area (Å²) in [7, 11) is 0. The van der Waals surface area contributed by atoms with E-state index in [0.717, 1.165) is 12.0 Å². The summed E-state index contributed by atoms with van der Waals surface area (Å²) in [5, 5.41) is 2.77. The number of carbonyl (C=O) groups excluding carboxylic acids is 1. The highest BCUT2D eigenvalue weighted by molar-refractivity contribution is 9.10. The van der Waals surface area contributed by atoms with Crippen molar-refractivity contribution in [1.29, 1.82) is 0 Å². The summed E-state index contributed by atoms with van der Waals surface area (Å²) >= 11 is 3.22. The topological polar surface area (TPSA) is 29.1 Å². The van der Waals surface area contributed by atoms with Crippen LogP contribution < -0.4 is 5.32 Å². The molecule has 1 amide bonds. The molecule has 15 heavy (non-hydrogen) atoms. The number of amides is 1. The lowest BCUT2D eigenvalue weighted by Crippen LogP contribution is -2.25. The van der Waals surface area contributed by atoms with Gasteiger partial charge < -0.3 is 5.32 Å². The molecule has 0 unspecified atom stereocenters. The normalized spacial score (nSPS) is 10.1. The number of rotatable bonds is 4. The van der Waals surface area contributed by atoms with E-state index in [4.69, 9.17) is 0 Å². The fraction of sp³-hybridized carbons (Fsp3) is 0.364. The molecule has 2 nitrogen and oxygen atoms in total. The Hall–Kier alpha value is -0.900. The molecule has 0 heterocycles. The van der Waals surface area contributed by atoms with Crippen LogP contribution in [0.15, 0.2) is 22.7 Å². The van der Waals surface area contributed by atoms with Crippen molar-refractivity contribution in [3.8, 4) is 0 Å². The molecule has 0 aliphatic rings. The van der Waals surface area contributed by atoms with Gasteiger partial charge in [-0.25, -0.2) is 4.39 Å². The second-order valence-corrected chi connectivity index (χ2v) is 4.12. The summed E-state index contributed by atoms with van der Waals surface area (Å²) in [6.07, 6.45) is 1.19. The van der Waals surface area contributed by atoms with Gasteiger partial charge in [-0.2, -0.15) is 0 Å². The molecule has 0 saturated heterocycles. The Morgan fingerprint density at radius 3 is 2.87 bits per heavy atom. The first-order valence-corrected chi connectivity index (χ1v) is 5.63. The average molecular weight is 274 g/mol. The molecule has 0 saturated carbocycles. The van der Waals surface area contributed by atoms with Crippen molar-refractivity contribution in [2.75, 3.05) is 6.54 Å². The van der Waals surface area contributed by atoms with E-state index in [1.54, 1.807) is 6.07 Å². The van der Waals surface area contributed by atoms with Gasteiger partial charge in [-0.15, -0.1) is 0 Å². The lowest BCUT2D eigenvalue weighted by Gasteiger charge is -2.05. The number of nitrogens with one attached hydrogen (secondary N) is 1. The number of halogens is 2. The summed E-state index contributed by atoms with van der Waals surface area (Å²) in [6.45, 7) is 2.67. The number of carbonyl (C=O) groups is 1. The third-order valence-corrected chi connectivity index (χ3v) is 2.68. The SMILES string of the molecule is CCCNC(=O)Cc1ccc(F)cc1Br. The molecule has 1 rings (SSSR count). The van der Waals surface area contributed by atoms with Crippen LogP contribution in [0.4, 0.5) is 4.39 Å². The van der Waals surface area contributed by atoms with Crippen LogP contribution in [0.1, 0.15) is 18.9 Å². The maximum Gasteiger partial charge on any atom is 0.224 e. The molecule has 82 valence electrons. The first kappa shape index (κ1) is 12.2. The summed E-state index contributed by atoms with van der Waals surface area (Å²) in [5.41, 5.74) is 0.796. The average Bonchev–Trinajstić information content (AvgIpc) is 2.19. The zero-order valence-corrected chi connectivity index (χ0v) is 10.1. The molecule has 0 fully saturated rings. The van der Waals surface area contributed by atoms with Crippen LogP contribution in [0.25, 0.3) is 0 Å². The zero-order valence-electron chi connectivity index (χ0n) is 8.52. The number of hydrogen-bond acceptors (Lipinski definition) is 1. The lowest BCUT2D eigenvalue weighted by atomic mass is 10.1. The molecule has 4 heteroatoms. The van der Waals surface area contributed by atoms with E-state index in [0.29, 0.717) is 11.0 Å². The quantitative estimate of drug-likeness (QED) is 0.898. The minimum atomic E-state index is -0.306. The van der Waals surface area contributed by atoms with Gasteiger partial charge in [-0.3, -0.25) is 4.79 Å². The number of benzene rings is 1. The van der Waals surface area contributed by atoms with Crippen molar-refractivity contribution in [3.63, 3.8) is 0 Å². The van der Waals surface area contributed by atoms with E-state index in [1.165, 1.54) is 12.1 Å². The molecular formula is C11H13BrFNO. The first-order valence-electron chi connectivity index (χ1n) is 4.84. The van der Waals surface area contributed by atoms with Crippen molar-refractivity contribution < 1.29 is 9.18 Å². The van der Waals surface area contributed by atoms with Gasteiger partial charge in [-0.1, -0.05) is 28.9 Å². The molecule has 0 aromatic heterocycles. The Bertz CT molecular complexity index is 354. The Balaban J connectivity index is 2.60. The Morgan fingerprint density at radius 2 is 2.27 bits per heavy atom. The number of hydrogen-bond donors (Lipinski definition) is 1. The molecule has 0 radical (unpaired) electrons. The molecule has 1 aromatic rings. The van der Waals surface area contributed by atoms with Gasteiger partial charge in [-0.05, 0) is 24.1 Å². The van der Waals surface area contributed by atoms with Gasteiger partial charge in [0.05, 0.1) is 6.42 Å². The van der Waals surface area contributed by atoms with Gasteiger partial charge in [0, 0.05) is 11.0 Å². The third-order valence-electron chi connectivity index (χ3n) is 1.94. The van der Waals surface area contributed by atoms with E-state index in [1.807, 2.05) is 6.92 Å². The smallest absolute Gasteiger partial charge is 0.224 e. The Labute approximate surface area is 97.0 Å². The monoisotopic (exact) mass is 273 g/mol. The van der Waals surface area contributed by atoms with Crippen LogP contribution in [0, 0.1) is 5.82 Å². The minimum Gasteiger partial charge on any atom is -0.356 e. The highest BCUT2D eigenvalue weighted by atomic mass is 79.9. The largest absolute Gasteiger partial charge is 0.356 e. The van der Waals surface area contributed by atoms with Gasteiger partial charge >= 0.3 is 0 Å². The molecule has 0 aliphatic carbocycles. The van der Waals surface area contributed by atoms with E-state index < -0.39 is 0 Å². The van der Waals surface area contributed by atoms with Crippen LogP contribution in [-0.4, -0.2) is 12.5 Å². The van der Waals surface area contributed by atoms with Crippen LogP contribution in [0.3, 0.4) is 0 Å². The van der Waals surface area contributed by atoms with E-state index in [-0.39, 0.29) is 18.1 Å². The van der Waals surface area contributed by atoms with E-state index >= 15 is 0 Å². The summed E-state index contributed by atoms with van der Waals surface area (Å²) < 4.78 is 13.4. The van der Waals surface area contributed by atoms with Crippen LogP contribution in [0.2, 0.25) is 0 Å². The molecule has 0 aliphatic heterocycles. The van der Waals surface area contributed by atoms with Crippen LogP contribution in [0.5, 0.6) is 0 Å². The second-order valence-electron chi connectivity index (χ2n) is 3.26. The van der Waals surface area contributed by atoms with Crippen molar-refractivity contribution >= 4 is 21.8 Å². The Kier molecular flexibility index (Phi) is 4.75. The second kappa shape index (κ2) is 5.85. The van der Waals surface area contributed by atoms with Gasteiger partial charge in [0.2, 0.25) is 5.91 Å². The fourth-order valence-electron chi connectivity index (χ4n) is 1.16. The maximum atomic E-state index is 12.8. The molecule has 0 spiro atoms. The maximum absolute atomic E-state index is 12.8. The summed E-state index contributed by atoms with van der Waals surface area (Å²) in [5.74, 6) is -0.344. The van der Waals surface area contributed by atoms with Gasteiger partial charge in [0.15, 0.2) is 0 Å². The lowest BCUT2D eigenvalue weighted by molar-refractivity contribution is -0.120. The third kappa shape index (κ3) is 4.00. The standard InChI is InChI=1S/C11H13BrFNO/c1-2-5-14-11(15)6-8-3-4-9(13)7-10(8)12/h3-4,7H,2,5-6H2,1H3,(H,14,15). The van der Waals surface area contributed by atoms with Gasteiger partial charge in [0.1, 0.15) is 5.82 Å². The summed E-state index contributed by atoms with van der Waals surface area (Å²) in [6, 6.07) is 4.33. The van der Waals surface area contributed by atoms with Crippen molar-refractivity contribution in [3.05, 3.63) is 34.1 Å².